The molecule has 4 N–H and O–H groups in total. The minimum absolute atomic E-state index is 0.0770. The van der Waals surface area contributed by atoms with E-state index in [1.165, 1.54) is 11.7 Å². The van der Waals surface area contributed by atoms with Crippen molar-refractivity contribution in [3.63, 3.8) is 0 Å². The predicted molar refractivity (Wildman–Crippen MR) is 166 cm³/mol. The Labute approximate surface area is 254 Å². The molecular formula is C32H49N5O6. The maximum Gasteiger partial charge on any atom is 0.418 e. The molecule has 0 unspecified atom stereocenters. The molecule has 0 bridgehead atoms. The number of fused-ring (bicyclic) bond motifs is 1. The maximum atomic E-state index is 13.9. The third kappa shape index (κ3) is 8.95. The quantitative estimate of drug-likeness (QED) is 0.298. The number of benzene rings is 1. The lowest BCUT2D eigenvalue weighted by Gasteiger charge is -2.40. The first kappa shape index (κ1) is 33.9. The van der Waals surface area contributed by atoms with E-state index in [0.29, 0.717) is 24.8 Å². The van der Waals surface area contributed by atoms with Crippen LogP contribution in [0.4, 0.5) is 9.59 Å². The number of urea groups is 1. The number of ether oxygens (including phenoxy) is 1. The minimum Gasteiger partial charge on any atom is -0.480 e. The number of likely N-dealkylation sites (tertiary alicyclic amines) is 1. The maximum absolute atomic E-state index is 13.9. The van der Waals surface area contributed by atoms with Crippen LogP contribution in [-0.4, -0.2) is 82.4 Å². The Balaban J connectivity index is 1.90. The highest BCUT2D eigenvalue weighted by Gasteiger charge is 2.34. The average molecular weight is 600 g/mol. The lowest BCUT2D eigenvalue weighted by atomic mass is 9.87. The molecule has 3 amide bonds. The summed E-state index contributed by atoms with van der Waals surface area (Å²) in [5.41, 5.74) is 1.21. The van der Waals surface area contributed by atoms with Crippen molar-refractivity contribution < 1.29 is 29.0 Å². The van der Waals surface area contributed by atoms with Gasteiger partial charge < -0.3 is 30.7 Å². The number of nitrogens with zero attached hydrogens (tertiary/aromatic N) is 2. The number of aromatic nitrogens is 1. The number of piperidine rings is 1. The summed E-state index contributed by atoms with van der Waals surface area (Å²) in [5, 5.41) is 19.6. The van der Waals surface area contributed by atoms with Crippen LogP contribution < -0.4 is 16.0 Å². The molecule has 1 saturated heterocycles. The molecule has 1 aromatic heterocycles. The molecule has 11 heteroatoms. The van der Waals surface area contributed by atoms with E-state index in [2.05, 4.69) is 16.0 Å². The zero-order chi connectivity index (χ0) is 31.9. The SMILES string of the molecule is CC[C@@H](NC[C@@H](Cc1cn(C(=O)OC)c2ccccc12)NC(=O)[C@H](CC(C)(C)C)NC(=O)N1[C@H](C)CCC[C@@H]1C)C(=O)O. The van der Waals surface area contributed by atoms with Gasteiger partial charge in [-0.05, 0) is 69.4 Å². The van der Waals surface area contributed by atoms with Crippen LogP contribution >= 0.6 is 0 Å². The van der Waals surface area contributed by atoms with Gasteiger partial charge in [0, 0.05) is 36.3 Å². The van der Waals surface area contributed by atoms with Crippen molar-refractivity contribution in [2.75, 3.05) is 13.7 Å². The largest absolute Gasteiger partial charge is 0.480 e. The van der Waals surface area contributed by atoms with Gasteiger partial charge in [-0.15, -0.1) is 0 Å². The number of nitrogens with one attached hydrogen (secondary N) is 3. The number of carbonyl (C=O) groups excluding carboxylic acids is 3. The lowest BCUT2D eigenvalue weighted by Crippen LogP contribution is -2.59. The van der Waals surface area contributed by atoms with Crippen molar-refractivity contribution in [1.82, 2.24) is 25.4 Å². The molecule has 0 saturated carbocycles. The predicted octanol–water partition coefficient (Wildman–Crippen LogP) is 4.51. The number of carbonyl (C=O) groups is 4. The molecule has 2 aromatic rings. The van der Waals surface area contributed by atoms with Crippen LogP contribution in [-0.2, 0) is 20.7 Å². The Kier molecular flexibility index (Phi) is 11.6. The smallest absolute Gasteiger partial charge is 0.418 e. The third-order valence-electron chi connectivity index (χ3n) is 8.15. The molecule has 5 atom stereocenters. The van der Waals surface area contributed by atoms with Crippen LogP contribution in [0.25, 0.3) is 10.9 Å². The zero-order valence-corrected chi connectivity index (χ0v) is 26.6. The van der Waals surface area contributed by atoms with Crippen molar-refractivity contribution in [3.8, 4) is 0 Å². The Hall–Kier alpha value is -3.60. The number of amides is 3. The molecule has 1 fully saturated rings. The van der Waals surface area contributed by atoms with E-state index in [-0.39, 0.29) is 36.0 Å². The van der Waals surface area contributed by atoms with E-state index in [1.54, 1.807) is 13.1 Å². The zero-order valence-electron chi connectivity index (χ0n) is 26.6. The summed E-state index contributed by atoms with van der Waals surface area (Å²) in [5.74, 6) is -1.31. The number of hydrogen-bond donors (Lipinski definition) is 4. The second-order valence-corrected chi connectivity index (χ2v) is 12.9. The first-order chi connectivity index (χ1) is 20.2. The van der Waals surface area contributed by atoms with Crippen LogP contribution in [0.2, 0.25) is 0 Å². The van der Waals surface area contributed by atoms with E-state index in [0.717, 1.165) is 30.2 Å². The molecule has 43 heavy (non-hydrogen) atoms. The normalized spacial score (nSPS) is 19.4. The second-order valence-electron chi connectivity index (χ2n) is 12.9. The third-order valence-corrected chi connectivity index (χ3v) is 8.15. The molecule has 3 rings (SSSR count). The molecule has 2 heterocycles. The van der Waals surface area contributed by atoms with Crippen molar-refractivity contribution in [1.29, 1.82) is 0 Å². The number of carboxylic acid groups (broad SMARTS) is 1. The van der Waals surface area contributed by atoms with Gasteiger partial charge in [0.25, 0.3) is 0 Å². The standard InChI is InChI=1S/C32H49N5O6/c1-8-25(29(39)40)33-18-23(16-22-19-36(31(42)43-7)27-15-10-9-14-24(22)27)34-28(38)26(17-32(4,5)6)35-30(41)37-20(2)12-11-13-21(37)3/h9-10,14-15,19-21,23,25-26,33H,8,11-13,16-18H2,1-7H3,(H,34,38)(H,35,41)(H,39,40)/t20-,21+,23-,25-,26+/m1/s1. The highest BCUT2D eigenvalue weighted by atomic mass is 16.5. The fraction of sp³-hybridized carbons (Fsp3) is 0.625. The molecule has 1 aromatic carbocycles. The van der Waals surface area contributed by atoms with Gasteiger partial charge in [0.15, 0.2) is 0 Å². The molecule has 238 valence electrons. The topological polar surface area (TPSA) is 142 Å². The van der Waals surface area contributed by atoms with Gasteiger partial charge in [0.1, 0.15) is 12.1 Å². The van der Waals surface area contributed by atoms with E-state index >= 15 is 0 Å². The average Bonchev–Trinajstić information content (AvgIpc) is 3.29. The Morgan fingerprint density at radius 2 is 1.70 bits per heavy atom. The first-order valence-corrected chi connectivity index (χ1v) is 15.3. The van der Waals surface area contributed by atoms with Crippen LogP contribution in [0.15, 0.2) is 30.5 Å². The van der Waals surface area contributed by atoms with Crippen LogP contribution in [0.1, 0.15) is 79.2 Å². The van der Waals surface area contributed by atoms with Crippen molar-refractivity contribution in [3.05, 3.63) is 36.0 Å². The summed E-state index contributed by atoms with van der Waals surface area (Å²) >= 11 is 0. The van der Waals surface area contributed by atoms with Gasteiger partial charge in [0.2, 0.25) is 5.91 Å². The summed E-state index contributed by atoms with van der Waals surface area (Å²) < 4.78 is 6.38. The summed E-state index contributed by atoms with van der Waals surface area (Å²) in [6.07, 6.45) is 5.16. The molecule has 0 spiro atoms. The first-order valence-electron chi connectivity index (χ1n) is 15.3. The lowest BCUT2D eigenvalue weighted by molar-refractivity contribution is -0.139. The number of carboxylic acids is 1. The second kappa shape index (κ2) is 14.7. The number of methoxy groups -OCH3 is 1. The van der Waals surface area contributed by atoms with Crippen LogP contribution in [0, 0.1) is 5.41 Å². The molecular weight excluding hydrogens is 550 g/mol. The van der Waals surface area contributed by atoms with Crippen LogP contribution in [0.3, 0.4) is 0 Å². The molecule has 1 aliphatic rings. The van der Waals surface area contributed by atoms with Gasteiger partial charge in [-0.1, -0.05) is 45.9 Å². The molecule has 1 aliphatic heterocycles. The monoisotopic (exact) mass is 599 g/mol. The molecule has 0 aliphatic carbocycles. The summed E-state index contributed by atoms with van der Waals surface area (Å²) in [6, 6.07) is 5.19. The Morgan fingerprint density at radius 1 is 1.05 bits per heavy atom. The fourth-order valence-corrected chi connectivity index (χ4v) is 5.96. The van der Waals surface area contributed by atoms with Gasteiger partial charge >= 0.3 is 18.1 Å². The van der Waals surface area contributed by atoms with Gasteiger partial charge in [-0.2, -0.15) is 0 Å². The highest BCUT2D eigenvalue weighted by Crippen LogP contribution is 2.26. The van der Waals surface area contributed by atoms with Crippen molar-refractivity contribution >= 4 is 34.9 Å². The Morgan fingerprint density at radius 3 is 2.28 bits per heavy atom. The van der Waals surface area contributed by atoms with Crippen LogP contribution in [0.5, 0.6) is 0 Å². The summed E-state index contributed by atoms with van der Waals surface area (Å²) in [4.78, 5) is 53.4. The Bertz CT molecular complexity index is 1270. The van der Waals surface area contributed by atoms with E-state index < -0.39 is 30.2 Å². The molecule has 11 nitrogen and oxygen atoms in total. The number of aliphatic carboxylic acids is 1. The minimum atomic E-state index is -0.975. The van der Waals surface area contributed by atoms with E-state index in [1.807, 2.05) is 63.8 Å². The molecule has 0 radical (unpaired) electrons. The number of para-hydroxylation sites is 1. The number of hydrogen-bond acceptors (Lipinski definition) is 6. The van der Waals surface area contributed by atoms with Crippen molar-refractivity contribution in [2.45, 2.75) is 110 Å². The van der Waals surface area contributed by atoms with E-state index in [9.17, 15) is 24.3 Å². The summed E-state index contributed by atoms with van der Waals surface area (Å²) in [6.45, 7) is 12.1. The van der Waals surface area contributed by atoms with Gasteiger partial charge in [-0.3, -0.25) is 14.2 Å². The van der Waals surface area contributed by atoms with Gasteiger partial charge in [-0.25, -0.2) is 9.59 Å². The summed E-state index contributed by atoms with van der Waals surface area (Å²) in [7, 11) is 1.32. The van der Waals surface area contributed by atoms with E-state index in [4.69, 9.17) is 4.74 Å². The highest BCUT2D eigenvalue weighted by molar-refractivity contribution is 5.92. The van der Waals surface area contributed by atoms with Crippen molar-refractivity contribution in [2.24, 2.45) is 5.41 Å². The fourth-order valence-electron chi connectivity index (χ4n) is 5.96. The number of rotatable bonds is 11. The van der Waals surface area contributed by atoms with Gasteiger partial charge in [0.05, 0.1) is 12.6 Å².